The molecule has 3 aliphatic carbocycles. The van der Waals surface area contributed by atoms with Gasteiger partial charge in [0.25, 0.3) is 6.43 Å². The number of alkyl halides is 2. The van der Waals surface area contributed by atoms with Crippen LogP contribution in [0.3, 0.4) is 0 Å². The highest BCUT2D eigenvalue weighted by molar-refractivity contribution is 5.82. The van der Waals surface area contributed by atoms with Crippen LogP contribution in [0.5, 0.6) is 0 Å². The lowest BCUT2D eigenvalue weighted by Crippen LogP contribution is -2.55. The summed E-state index contributed by atoms with van der Waals surface area (Å²) in [5, 5.41) is 2.46. The zero-order valence-electron chi connectivity index (χ0n) is 21.4. The number of rotatable bonds is 4. The Morgan fingerprint density at radius 2 is 2.03 bits per heavy atom. The van der Waals surface area contributed by atoms with Crippen LogP contribution in [0.1, 0.15) is 69.8 Å². The lowest BCUT2D eigenvalue weighted by Gasteiger charge is -2.55. The first-order valence-corrected chi connectivity index (χ1v) is 13.8. The van der Waals surface area contributed by atoms with Gasteiger partial charge < -0.3 is 4.74 Å². The predicted octanol–water partition coefficient (Wildman–Crippen LogP) is 7.04. The Kier molecular flexibility index (Phi) is 5.08. The lowest BCUT2D eigenvalue weighted by atomic mass is 9.58. The summed E-state index contributed by atoms with van der Waals surface area (Å²) in [6.45, 7) is 2.35. The summed E-state index contributed by atoms with van der Waals surface area (Å²) in [7, 11) is 1.86. The van der Waals surface area contributed by atoms with Crippen molar-refractivity contribution in [1.82, 2.24) is 9.88 Å². The number of benzene rings is 1. The van der Waals surface area contributed by atoms with Crippen molar-refractivity contribution in [2.45, 2.75) is 87.9 Å². The van der Waals surface area contributed by atoms with E-state index in [0.29, 0.717) is 11.8 Å². The zero-order valence-corrected chi connectivity index (χ0v) is 21.4. The number of allylic oxidation sites excluding steroid dienone is 1. The van der Waals surface area contributed by atoms with Crippen LogP contribution in [0.4, 0.5) is 8.78 Å². The van der Waals surface area contributed by atoms with E-state index in [-0.39, 0.29) is 29.2 Å². The fourth-order valence-electron chi connectivity index (χ4n) is 8.99. The fourth-order valence-corrected chi connectivity index (χ4v) is 8.99. The Hall–Kier alpha value is -2.11. The first-order chi connectivity index (χ1) is 17.3. The molecule has 5 heteroatoms. The zero-order chi connectivity index (χ0) is 24.7. The van der Waals surface area contributed by atoms with Crippen LogP contribution >= 0.6 is 0 Å². The average molecular weight is 491 g/mol. The molecule has 7 rings (SSSR count). The standard InChI is InChI=1S/C31H36F2N2O/c1-29-11-9-24-16-23-5-6-25(35(2)19-28(32)33)17-30(23)12-13-31(24,36-30)27(29)8-7-26(29)21-4-3-20-10-14-34-18-22(20)15-21/h3-4,9-10,14-16,18,25-28H,5-8,11-13,17,19H2,1-2H3/t25-,26+,27+,29+,30+,31+/m0/s1. The highest BCUT2D eigenvalue weighted by atomic mass is 19.3. The summed E-state index contributed by atoms with van der Waals surface area (Å²) in [5.74, 6) is 0.983. The summed E-state index contributed by atoms with van der Waals surface area (Å²) in [6, 6.07) is 9.19. The predicted molar refractivity (Wildman–Crippen MR) is 138 cm³/mol. The summed E-state index contributed by atoms with van der Waals surface area (Å²) in [4.78, 5) is 6.23. The average Bonchev–Trinajstić information content (AvgIpc) is 3.38. The molecular formula is C31H36F2N2O. The van der Waals surface area contributed by atoms with E-state index in [0.717, 1.165) is 38.5 Å². The monoisotopic (exact) mass is 490 g/mol. The summed E-state index contributed by atoms with van der Waals surface area (Å²) in [5.41, 5.74) is 3.94. The van der Waals surface area contributed by atoms with Crippen LogP contribution in [-0.2, 0) is 4.74 Å². The summed E-state index contributed by atoms with van der Waals surface area (Å²) >= 11 is 0. The molecule has 190 valence electrons. The molecule has 3 heterocycles. The SMILES string of the molecule is CN(CC(F)F)[C@H]1CCC2=CC3=CC[C@]4(C)[C@@H](c5ccc6ccncc6c5)CC[C@H]4[C@@]34CC[C@]2(C1)O4. The Balaban J connectivity index is 1.22. The van der Waals surface area contributed by atoms with Gasteiger partial charge in [0.2, 0.25) is 0 Å². The third kappa shape index (κ3) is 3.18. The normalized spacial score (nSPS) is 39.1. The van der Waals surface area contributed by atoms with Gasteiger partial charge in [0, 0.05) is 23.8 Å². The van der Waals surface area contributed by atoms with Crippen LogP contribution in [0.2, 0.25) is 0 Å². The topological polar surface area (TPSA) is 25.4 Å². The minimum atomic E-state index is -2.29. The molecule has 2 aromatic rings. The highest BCUT2D eigenvalue weighted by Gasteiger charge is 2.66. The van der Waals surface area contributed by atoms with Crippen molar-refractivity contribution in [1.29, 1.82) is 0 Å². The minimum absolute atomic E-state index is 0.150. The molecule has 2 saturated carbocycles. The molecule has 0 N–H and O–H groups in total. The maximum atomic E-state index is 13.1. The van der Waals surface area contributed by atoms with E-state index < -0.39 is 6.43 Å². The molecule has 3 nitrogen and oxygen atoms in total. The van der Waals surface area contributed by atoms with Gasteiger partial charge in [-0.2, -0.15) is 0 Å². The molecule has 1 aromatic heterocycles. The van der Waals surface area contributed by atoms with Crippen molar-refractivity contribution in [2.24, 2.45) is 11.3 Å². The molecule has 0 amide bonds. The van der Waals surface area contributed by atoms with Gasteiger partial charge in [-0.25, -0.2) is 8.78 Å². The number of halogens is 2. The smallest absolute Gasteiger partial charge is 0.251 e. The van der Waals surface area contributed by atoms with Gasteiger partial charge in [-0.3, -0.25) is 9.88 Å². The van der Waals surface area contributed by atoms with E-state index in [4.69, 9.17) is 4.74 Å². The summed E-state index contributed by atoms with van der Waals surface area (Å²) < 4.78 is 33.6. The number of pyridine rings is 1. The molecule has 2 aliphatic heterocycles. The Bertz CT molecular complexity index is 1270. The Morgan fingerprint density at radius 3 is 2.89 bits per heavy atom. The van der Waals surface area contributed by atoms with Crippen LogP contribution < -0.4 is 0 Å². The third-order valence-electron chi connectivity index (χ3n) is 10.8. The third-order valence-corrected chi connectivity index (χ3v) is 10.8. The molecule has 5 aliphatic rings. The molecule has 6 atom stereocenters. The minimum Gasteiger partial charge on any atom is -0.359 e. The Labute approximate surface area is 212 Å². The maximum absolute atomic E-state index is 13.1. The van der Waals surface area contributed by atoms with E-state index in [1.165, 1.54) is 40.3 Å². The summed E-state index contributed by atoms with van der Waals surface area (Å²) in [6.07, 6.45) is 14.8. The van der Waals surface area contributed by atoms with Gasteiger partial charge in [-0.05, 0) is 110 Å². The van der Waals surface area contributed by atoms with Crippen LogP contribution in [0.25, 0.3) is 10.8 Å². The van der Waals surface area contributed by atoms with Gasteiger partial charge in [-0.1, -0.05) is 31.2 Å². The maximum Gasteiger partial charge on any atom is 0.251 e. The van der Waals surface area contributed by atoms with Gasteiger partial charge in [0.1, 0.15) is 0 Å². The van der Waals surface area contributed by atoms with Crippen molar-refractivity contribution >= 4 is 10.8 Å². The van der Waals surface area contributed by atoms with Gasteiger partial charge >= 0.3 is 0 Å². The van der Waals surface area contributed by atoms with Gasteiger partial charge in [0.15, 0.2) is 0 Å². The Morgan fingerprint density at radius 1 is 1.14 bits per heavy atom. The number of ether oxygens (including phenoxy) is 1. The number of hydrogen-bond acceptors (Lipinski definition) is 3. The van der Waals surface area contributed by atoms with Gasteiger partial charge in [0.05, 0.1) is 17.7 Å². The largest absolute Gasteiger partial charge is 0.359 e. The number of fused-ring (bicyclic) bond motifs is 2. The first-order valence-electron chi connectivity index (χ1n) is 13.8. The molecule has 3 fully saturated rings. The van der Waals surface area contributed by atoms with E-state index in [1.807, 2.05) is 24.3 Å². The van der Waals surface area contributed by atoms with Crippen molar-refractivity contribution in [2.75, 3.05) is 13.6 Å². The second kappa shape index (κ2) is 7.94. The van der Waals surface area contributed by atoms with E-state index in [2.05, 4.69) is 48.3 Å². The number of nitrogens with zero attached hydrogens (tertiary/aromatic N) is 2. The molecule has 2 bridgehead atoms. The van der Waals surface area contributed by atoms with E-state index in [9.17, 15) is 8.78 Å². The fraction of sp³-hybridized carbons (Fsp3) is 0.581. The van der Waals surface area contributed by atoms with E-state index >= 15 is 0 Å². The van der Waals surface area contributed by atoms with Crippen LogP contribution in [-0.4, -0.2) is 47.1 Å². The van der Waals surface area contributed by atoms with Crippen molar-refractivity contribution in [3.63, 3.8) is 0 Å². The molecular weight excluding hydrogens is 454 g/mol. The molecule has 0 unspecified atom stereocenters. The van der Waals surface area contributed by atoms with Crippen LogP contribution in [0, 0.1) is 11.3 Å². The van der Waals surface area contributed by atoms with Crippen molar-refractivity contribution < 1.29 is 13.5 Å². The molecule has 1 saturated heterocycles. The van der Waals surface area contributed by atoms with Gasteiger partial charge in [-0.15, -0.1) is 0 Å². The lowest BCUT2D eigenvalue weighted by molar-refractivity contribution is -0.141. The molecule has 2 spiro atoms. The molecule has 36 heavy (non-hydrogen) atoms. The van der Waals surface area contributed by atoms with Crippen LogP contribution in [0.15, 0.2) is 60.0 Å². The van der Waals surface area contributed by atoms with Crippen molar-refractivity contribution in [3.05, 3.63) is 65.5 Å². The second-order valence-electron chi connectivity index (χ2n) is 12.4. The molecule has 1 aromatic carbocycles. The number of aromatic nitrogens is 1. The quantitative estimate of drug-likeness (QED) is 0.460. The first kappa shape index (κ1) is 23.0. The second-order valence-corrected chi connectivity index (χ2v) is 12.4. The highest BCUT2D eigenvalue weighted by Crippen LogP contribution is 2.69. The molecule has 0 radical (unpaired) electrons. The number of hydrogen-bond donors (Lipinski definition) is 0. The van der Waals surface area contributed by atoms with Crippen molar-refractivity contribution in [3.8, 4) is 0 Å². The van der Waals surface area contributed by atoms with E-state index in [1.54, 1.807) is 0 Å².